The zero-order chi connectivity index (χ0) is 21.5. The maximum absolute atomic E-state index is 12.8. The maximum atomic E-state index is 12.8. The van der Waals surface area contributed by atoms with Crippen LogP contribution in [0.15, 0.2) is 60.0 Å². The average molecular weight is 424 g/mol. The van der Waals surface area contributed by atoms with E-state index in [9.17, 15) is 9.59 Å². The zero-order valence-corrected chi connectivity index (χ0v) is 18.0. The summed E-state index contributed by atoms with van der Waals surface area (Å²) in [5.74, 6) is 0.999. The van der Waals surface area contributed by atoms with Gasteiger partial charge in [0.1, 0.15) is 0 Å². The molecule has 1 aliphatic rings. The van der Waals surface area contributed by atoms with Gasteiger partial charge >= 0.3 is 0 Å². The molecule has 0 spiro atoms. The second kappa shape index (κ2) is 10.2. The molecule has 0 aromatic heterocycles. The summed E-state index contributed by atoms with van der Waals surface area (Å²) in [5, 5.41) is -0.243. The first-order chi connectivity index (χ1) is 14.6. The second-order valence-electron chi connectivity index (χ2n) is 6.71. The van der Waals surface area contributed by atoms with Gasteiger partial charge in [0.25, 0.3) is 11.1 Å². The van der Waals surface area contributed by atoms with Crippen molar-refractivity contribution in [2.75, 3.05) is 20.3 Å². The number of hydrogen-bond acceptors (Lipinski definition) is 5. The Morgan fingerprint density at radius 2 is 1.93 bits per heavy atom. The first-order valence-electron chi connectivity index (χ1n) is 9.81. The van der Waals surface area contributed by atoms with Crippen molar-refractivity contribution in [3.8, 4) is 11.5 Å². The highest BCUT2D eigenvalue weighted by atomic mass is 32.2. The highest BCUT2D eigenvalue weighted by molar-refractivity contribution is 8.18. The molecule has 30 heavy (non-hydrogen) atoms. The average Bonchev–Trinajstić information content (AvgIpc) is 3.00. The Balaban J connectivity index is 1.84. The Morgan fingerprint density at radius 1 is 1.17 bits per heavy atom. The van der Waals surface area contributed by atoms with Crippen molar-refractivity contribution in [2.24, 2.45) is 0 Å². The third-order valence-electron chi connectivity index (χ3n) is 4.66. The molecule has 1 aliphatic heterocycles. The monoisotopic (exact) mass is 423 g/mol. The highest BCUT2D eigenvalue weighted by Gasteiger charge is 2.34. The summed E-state index contributed by atoms with van der Waals surface area (Å²) in [6, 6.07) is 13.6. The minimum absolute atomic E-state index is 0.243. The van der Waals surface area contributed by atoms with Gasteiger partial charge in [0.2, 0.25) is 0 Å². The summed E-state index contributed by atoms with van der Waals surface area (Å²) in [4.78, 5) is 27.0. The molecule has 0 saturated carbocycles. The molecule has 1 saturated heterocycles. The van der Waals surface area contributed by atoms with Crippen LogP contribution >= 0.6 is 11.8 Å². The summed E-state index contributed by atoms with van der Waals surface area (Å²) in [5.41, 5.74) is 2.78. The number of amides is 2. The van der Waals surface area contributed by atoms with Crippen molar-refractivity contribution >= 4 is 29.0 Å². The van der Waals surface area contributed by atoms with E-state index < -0.39 is 0 Å². The lowest BCUT2D eigenvalue weighted by molar-refractivity contribution is -0.122. The molecule has 156 valence electrons. The molecular formula is C24H25NO4S. The lowest BCUT2D eigenvalue weighted by Gasteiger charge is -2.14. The fourth-order valence-corrected chi connectivity index (χ4v) is 4.16. The quantitative estimate of drug-likeness (QED) is 0.415. The molecule has 0 radical (unpaired) electrons. The lowest BCUT2D eigenvalue weighted by Crippen LogP contribution is -2.30. The van der Waals surface area contributed by atoms with Crippen LogP contribution in [-0.4, -0.2) is 36.3 Å². The maximum Gasteiger partial charge on any atom is 0.293 e. The van der Waals surface area contributed by atoms with Crippen LogP contribution in [0.5, 0.6) is 11.5 Å². The standard InChI is InChI=1S/C24H25NO4S/c1-4-9-19-14-18(15-20(29-5-2)22(19)28-3)16-21-23(26)25(24(27)30-21)13-12-17-10-7-6-8-11-17/h4,6-8,10-11,14-16H,1,5,9,12-13H2,2-3H3/b21-16+. The summed E-state index contributed by atoms with van der Waals surface area (Å²) >= 11 is 0.966. The number of carbonyl (C=O) groups is 2. The van der Waals surface area contributed by atoms with Crippen LogP contribution in [0.1, 0.15) is 23.6 Å². The molecule has 1 fully saturated rings. The summed E-state index contributed by atoms with van der Waals surface area (Å²) < 4.78 is 11.2. The Morgan fingerprint density at radius 3 is 2.60 bits per heavy atom. The smallest absolute Gasteiger partial charge is 0.293 e. The van der Waals surface area contributed by atoms with Crippen LogP contribution in [-0.2, 0) is 17.6 Å². The Bertz CT molecular complexity index is 969. The predicted molar refractivity (Wildman–Crippen MR) is 121 cm³/mol. The molecule has 5 nitrogen and oxygen atoms in total. The van der Waals surface area contributed by atoms with E-state index in [0.29, 0.717) is 42.4 Å². The molecule has 0 bridgehead atoms. The van der Waals surface area contributed by atoms with Crippen molar-refractivity contribution in [1.29, 1.82) is 0 Å². The number of imide groups is 1. The van der Waals surface area contributed by atoms with Gasteiger partial charge in [-0.1, -0.05) is 36.4 Å². The van der Waals surface area contributed by atoms with Gasteiger partial charge in [-0.15, -0.1) is 6.58 Å². The minimum atomic E-state index is -0.264. The molecule has 0 aliphatic carbocycles. The molecule has 2 amide bonds. The zero-order valence-electron chi connectivity index (χ0n) is 17.2. The molecule has 2 aromatic carbocycles. The van der Waals surface area contributed by atoms with E-state index in [1.54, 1.807) is 19.3 Å². The van der Waals surface area contributed by atoms with E-state index in [1.807, 2.05) is 49.4 Å². The van der Waals surface area contributed by atoms with Crippen molar-refractivity contribution in [3.05, 3.63) is 76.7 Å². The largest absolute Gasteiger partial charge is 0.493 e. The number of carbonyl (C=O) groups excluding carboxylic acids is 2. The second-order valence-corrected chi connectivity index (χ2v) is 7.70. The number of benzene rings is 2. The van der Waals surface area contributed by atoms with Crippen molar-refractivity contribution in [3.63, 3.8) is 0 Å². The Hall–Kier alpha value is -2.99. The van der Waals surface area contributed by atoms with Crippen LogP contribution in [0.4, 0.5) is 4.79 Å². The normalized spacial score (nSPS) is 15.0. The number of allylic oxidation sites excluding steroid dienone is 1. The topological polar surface area (TPSA) is 55.8 Å². The van der Waals surface area contributed by atoms with Gasteiger partial charge in [-0.2, -0.15) is 0 Å². The first-order valence-corrected chi connectivity index (χ1v) is 10.6. The lowest BCUT2D eigenvalue weighted by atomic mass is 10.0. The molecule has 1 heterocycles. The molecule has 6 heteroatoms. The van der Waals surface area contributed by atoms with Crippen LogP contribution in [0.25, 0.3) is 6.08 Å². The van der Waals surface area contributed by atoms with Crippen LogP contribution in [0, 0.1) is 0 Å². The number of methoxy groups -OCH3 is 1. The summed E-state index contributed by atoms with van der Waals surface area (Å²) in [7, 11) is 1.60. The number of nitrogens with zero attached hydrogens (tertiary/aromatic N) is 1. The van der Waals surface area contributed by atoms with Gasteiger partial charge in [0, 0.05) is 12.1 Å². The van der Waals surface area contributed by atoms with Crippen molar-refractivity contribution < 1.29 is 19.1 Å². The van der Waals surface area contributed by atoms with E-state index in [4.69, 9.17) is 9.47 Å². The van der Waals surface area contributed by atoms with Gasteiger partial charge in [-0.05, 0) is 60.9 Å². The third kappa shape index (κ3) is 4.94. The van der Waals surface area contributed by atoms with E-state index in [-0.39, 0.29) is 11.1 Å². The van der Waals surface area contributed by atoms with E-state index in [0.717, 1.165) is 28.5 Å². The number of thioether (sulfide) groups is 1. The SMILES string of the molecule is C=CCc1cc(/C=C2/SC(=O)N(CCc3ccccc3)C2=O)cc(OCC)c1OC. The highest BCUT2D eigenvalue weighted by Crippen LogP contribution is 2.37. The predicted octanol–water partition coefficient (Wildman–Crippen LogP) is 5.10. The minimum Gasteiger partial charge on any atom is -0.493 e. The fraction of sp³-hybridized carbons (Fsp3) is 0.250. The Labute approximate surface area is 181 Å². The number of hydrogen-bond donors (Lipinski definition) is 0. The Kier molecular flexibility index (Phi) is 7.36. The van der Waals surface area contributed by atoms with Crippen LogP contribution < -0.4 is 9.47 Å². The van der Waals surface area contributed by atoms with Crippen LogP contribution in [0.3, 0.4) is 0 Å². The number of ether oxygens (including phenoxy) is 2. The van der Waals surface area contributed by atoms with Crippen molar-refractivity contribution in [1.82, 2.24) is 4.90 Å². The van der Waals surface area contributed by atoms with Gasteiger partial charge < -0.3 is 9.47 Å². The molecule has 0 atom stereocenters. The van der Waals surface area contributed by atoms with Gasteiger partial charge in [0.15, 0.2) is 11.5 Å². The summed E-state index contributed by atoms with van der Waals surface area (Å²) in [6.07, 6.45) is 4.76. The first kappa shape index (κ1) is 21.7. The molecule has 0 N–H and O–H groups in total. The molecule has 2 aromatic rings. The van der Waals surface area contributed by atoms with E-state index in [1.165, 1.54) is 4.90 Å². The summed E-state index contributed by atoms with van der Waals surface area (Å²) in [6.45, 7) is 6.55. The fourth-order valence-electron chi connectivity index (χ4n) is 3.30. The van der Waals surface area contributed by atoms with Crippen LogP contribution in [0.2, 0.25) is 0 Å². The molecule has 3 rings (SSSR count). The third-order valence-corrected chi connectivity index (χ3v) is 5.57. The van der Waals surface area contributed by atoms with Gasteiger partial charge in [-0.25, -0.2) is 0 Å². The molecular weight excluding hydrogens is 398 g/mol. The van der Waals surface area contributed by atoms with Gasteiger partial charge in [0.05, 0.1) is 18.6 Å². The van der Waals surface area contributed by atoms with E-state index in [2.05, 4.69) is 6.58 Å². The molecule has 0 unspecified atom stereocenters. The van der Waals surface area contributed by atoms with Gasteiger partial charge in [-0.3, -0.25) is 14.5 Å². The van der Waals surface area contributed by atoms with E-state index >= 15 is 0 Å². The van der Waals surface area contributed by atoms with Crippen molar-refractivity contribution in [2.45, 2.75) is 19.8 Å². The number of rotatable bonds is 9.